The molecule has 0 fully saturated rings. The Hall–Kier alpha value is -2.08. The molecule has 0 bridgehead atoms. The van der Waals surface area contributed by atoms with Crippen LogP contribution in [0.25, 0.3) is 0 Å². The summed E-state index contributed by atoms with van der Waals surface area (Å²) in [7, 11) is 1.57. The van der Waals surface area contributed by atoms with Gasteiger partial charge in [0.25, 0.3) is 0 Å². The van der Waals surface area contributed by atoms with Gasteiger partial charge in [-0.2, -0.15) is 0 Å². The van der Waals surface area contributed by atoms with E-state index in [1.165, 1.54) is 0 Å². The molecule has 0 aliphatic heterocycles. The predicted molar refractivity (Wildman–Crippen MR) is 80.5 cm³/mol. The summed E-state index contributed by atoms with van der Waals surface area (Å²) < 4.78 is 4.87. The van der Waals surface area contributed by atoms with Gasteiger partial charge >= 0.3 is 5.97 Å². The Morgan fingerprint density at radius 2 is 1.95 bits per heavy atom. The normalized spacial score (nSPS) is 10.2. The summed E-state index contributed by atoms with van der Waals surface area (Å²) in [5, 5.41) is 11.5. The minimum absolute atomic E-state index is 0.0147. The third kappa shape index (κ3) is 6.76. The second-order valence-electron chi connectivity index (χ2n) is 4.74. The third-order valence-electron chi connectivity index (χ3n) is 2.96. The van der Waals surface area contributed by atoms with E-state index in [1.54, 1.807) is 12.0 Å². The highest BCUT2D eigenvalue weighted by molar-refractivity contribution is 5.81. The van der Waals surface area contributed by atoms with E-state index in [4.69, 9.17) is 9.84 Å². The maximum Gasteiger partial charge on any atom is 0.305 e. The number of rotatable bonds is 9. The van der Waals surface area contributed by atoms with Crippen LogP contribution in [0.1, 0.15) is 12.0 Å². The molecule has 1 rings (SSSR count). The van der Waals surface area contributed by atoms with Crippen LogP contribution < -0.4 is 10.2 Å². The van der Waals surface area contributed by atoms with Gasteiger partial charge in [-0.05, 0) is 19.1 Å². The molecular weight excluding hydrogens is 272 g/mol. The molecule has 1 amide bonds. The molecule has 6 nitrogen and oxygen atoms in total. The van der Waals surface area contributed by atoms with Gasteiger partial charge in [0.1, 0.15) is 0 Å². The topological polar surface area (TPSA) is 78.9 Å². The fraction of sp³-hybridized carbons (Fsp3) is 0.467. The molecule has 0 atom stereocenters. The lowest BCUT2D eigenvalue weighted by Crippen LogP contribution is -2.39. The second-order valence-corrected chi connectivity index (χ2v) is 4.74. The van der Waals surface area contributed by atoms with E-state index >= 15 is 0 Å². The molecule has 116 valence electrons. The summed E-state index contributed by atoms with van der Waals surface area (Å²) in [6, 6.07) is 7.65. The highest BCUT2D eigenvalue weighted by Crippen LogP contribution is 2.15. The van der Waals surface area contributed by atoms with Crippen LogP contribution in [0.3, 0.4) is 0 Å². The van der Waals surface area contributed by atoms with Gasteiger partial charge < -0.3 is 20.1 Å². The molecule has 1 aromatic carbocycles. The van der Waals surface area contributed by atoms with E-state index in [1.807, 2.05) is 31.2 Å². The number of nitrogens with zero attached hydrogens (tertiary/aromatic N) is 1. The van der Waals surface area contributed by atoms with Gasteiger partial charge in [-0.3, -0.25) is 9.59 Å². The summed E-state index contributed by atoms with van der Waals surface area (Å²) >= 11 is 0. The van der Waals surface area contributed by atoms with Crippen molar-refractivity contribution >= 4 is 17.6 Å². The fourth-order valence-corrected chi connectivity index (χ4v) is 1.81. The number of aliphatic carboxylic acids is 1. The van der Waals surface area contributed by atoms with E-state index in [0.29, 0.717) is 13.2 Å². The first kappa shape index (κ1) is 17.0. The van der Waals surface area contributed by atoms with Crippen LogP contribution in [0, 0.1) is 6.92 Å². The van der Waals surface area contributed by atoms with Gasteiger partial charge in [-0.1, -0.05) is 17.7 Å². The largest absolute Gasteiger partial charge is 0.481 e. The van der Waals surface area contributed by atoms with Gasteiger partial charge in [0.15, 0.2) is 0 Å². The van der Waals surface area contributed by atoms with Crippen molar-refractivity contribution in [3.63, 3.8) is 0 Å². The number of aryl methyl sites for hydroxylation is 1. The summed E-state index contributed by atoms with van der Waals surface area (Å²) in [6.45, 7) is 3.28. The van der Waals surface area contributed by atoms with Crippen LogP contribution >= 0.6 is 0 Å². The van der Waals surface area contributed by atoms with Crippen molar-refractivity contribution < 1.29 is 19.4 Å². The summed E-state index contributed by atoms with van der Waals surface area (Å²) in [5.41, 5.74) is 1.95. The molecule has 0 aliphatic carbocycles. The van der Waals surface area contributed by atoms with E-state index in [2.05, 4.69) is 5.32 Å². The molecule has 2 N–H and O–H groups in total. The Balaban J connectivity index is 2.65. The van der Waals surface area contributed by atoms with Crippen molar-refractivity contribution in [3.05, 3.63) is 29.8 Å². The lowest BCUT2D eigenvalue weighted by molar-refractivity contribution is -0.136. The van der Waals surface area contributed by atoms with Crippen molar-refractivity contribution in [1.82, 2.24) is 5.32 Å². The fourth-order valence-electron chi connectivity index (χ4n) is 1.81. The van der Waals surface area contributed by atoms with Gasteiger partial charge in [-0.15, -0.1) is 0 Å². The number of benzene rings is 1. The van der Waals surface area contributed by atoms with Crippen molar-refractivity contribution in [2.45, 2.75) is 13.3 Å². The van der Waals surface area contributed by atoms with Crippen molar-refractivity contribution in [2.24, 2.45) is 0 Å². The van der Waals surface area contributed by atoms with E-state index in [-0.39, 0.29) is 25.4 Å². The molecule has 21 heavy (non-hydrogen) atoms. The number of carboxylic acid groups (broad SMARTS) is 1. The average molecular weight is 294 g/mol. The number of hydrogen-bond acceptors (Lipinski definition) is 4. The Kier molecular flexibility index (Phi) is 7.25. The van der Waals surface area contributed by atoms with E-state index in [9.17, 15) is 9.59 Å². The Morgan fingerprint density at radius 1 is 1.29 bits per heavy atom. The summed E-state index contributed by atoms with van der Waals surface area (Å²) in [5.74, 6) is -1.04. The quantitative estimate of drug-likeness (QED) is 0.665. The smallest absolute Gasteiger partial charge is 0.305 e. The van der Waals surface area contributed by atoms with Crippen LogP contribution in [-0.2, 0) is 14.3 Å². The van der Waals surface area contributed by atoms with Crippen molar-refractivity contribution in [3.8, 4) is 0 Å². The second kappa shape index (κ2) is 8.97. The molecule has 0 heterocycles. The number of methoxy groups -OCH3 is 1. The SMILES string of the molecule is COCCNC(=O)CN(CCC(=O)O)c1ccc(C)cc1. The molecule has 0 unspecified atom stereocenters. The first-order chi connectivity index (χ1) is 10.0. The van der Waals surface area contributed by atoms with Gasteiger partial charge in [0.2, 0.25) is 5.91 Å². The number of carboxylic acids is 1. The number of carbonyl (C=O) groups excluding carboxylic acids is 1. The predicted octanol–water partition coefficient (Wildman–Crippen LogP) is 1.04. The zero-order chi connectivity index (χ0) is 15.7. The molecule has 0 spiro atoms. The van der Waals surface area contributed by atoms with E-state index < -0.39 is 5.97 Å². The van der Waals surface area contributed by atoms with Crippen LogP contribution in [0.4, 0.5) is 5.69 Å². The lowest BCUT2D eigenvalue weighted by atomic mass is 10.2. The number of hydrogen-bond donors (Lipinski definition) is 2. The number of amides is 1. The Bertz CT molecular complexity index is 459. The highest BCUT2D eigenvalue weighted by atomic mass is 16.5. The standard InChI is InChI=1S/C15H22N2O4/c1-12-3-5-13(6-4-12)17(9-7-15(19)20)11-14(18)16-8-10-21-2/h3-6H,7-11H2,1-2H3,(H,16,18)(H,19,20). The lowest BCUT2D eigenvalue weighted by Gasteiger charge is -2.23. The molecule has 0 aromatic heterocycles. The third-order valence-corrected chi connectivity index (χ3v) is 2.96. The first-order valence-electron chi connectivity index (χ1n) is 6.82. The number of carbonyl (C=O) groups is 2. The molecule has 0 aliphatic rings. The first-order valence-corrected chi connectivity index (χ1v) is 6.82. The molecule has 0 radical (unpaired) electrons. The van der Waals surface area contributed by atoms with E-state index in [0.717, 1.165) is 11.3 Å². The average Bonchev–Trinajstić information content (AvgIpc) is 2.44. The van der Waals surface area contributed by atoms with Gasteiger partial charge in [0.05, 0.1) is 19.6 Å². The number of ether oxygens (including phenoxy) is 1. The highest BCUT2D eigenvalue weighted by Gasteiger charge is 2.12. The molecular formula is C15H22N2O4. The van der Waals surface area contributed by atoms with Gasteiger partial charge in [-0.25, -0.2) is 0 Å². The maximum absolute atomic E-state index is 11.9. The van der Waals surface area contributed by atoms with Crippen LogP contribution in [0.5, 0.6) is 0 Å². The summed E-state index contributed by atoms with van der Waals surface area (Å²) in [6.07, 6.45) is -0.0147. The number of nitrogens with one attached hydrogen (secondary N) is 1. The van der Waals surface area contributed by atoms with Crippen LogP contribution in [0.15, 0.2) is 24.3 Å². The molecule has 0 saturated carbocycles. The Labute approximate surface area is 124 Å². The van der Waals surface area contributed by atoms with Crippen LogP contribution in [-0.4, -0.2) is 50.3 Å². The zero-order valence-corrected chi connectivity index (χ0v) is 12.5. The number of anilines is 1. The monoisotopic (exact) mass is 294 g/mol. The maximum atomic E-state index is 11.9. The van der Waals surface area contributed by atoms with Crippen LogP contribution in [0.2, 0.25) is 0 Å². The minimum atomic E-state index is -0.882. The molecule has 1 aromatic rings. The molecule has 0 saturated heterocycles. The van der Waals surface area contributed by atoms with Crippen molar-refractivity contribution in [2.75, 3.05) is 38.3 Å². The minimum Gasteiger partial charge on any atom is -0.481 e. The summed E-state index contributed by atoms with van der Waals surface area (Å²) in [4.78, 5) is 24.4. The van der Waals surface area contributed by atoms with Crippen molar-refractivity contribution in [1.29, 1.82) is 0 Å². The molecule has 6 heteroatoms. The Morgan fingerprint density at radius 3 is 2.52 bits per heavy atom. The zero-order valence-electron chi connectivity index (χ0n) is 12.5. The van der Waals surface area contributed by atoms with Gasteiger partial charge in [0, 0.05) is 25.9 Å².